The molecular formula is C15H20N2O. The first-order valence-corrected chi connectivity index (χ1v) is 6.67. The Morgan fingerprint density at radius 2 is 1.83 bits per heavy atom. The average Bonchev–Trinajstić information content (AvgIpc) is 2.46. The van der Waals surface area contributed by atoms with Crippen LogP contribution < -0.4 is 5.43 Å². The Labute approximate surface area is 108 Å². The van der Waals surface area contributed by atoms with Gasteiger partial charge in [-0.05, 0) is 25.3 Å². The molecule has 1 aromatic rings. The number of hydrogen-bond donors (Lipinski definition) is 1. The van der Waals surface area contributed by atoms with Crippen LogP contribution in [-0.4, -0.2) is 11.6 Å². The van der Waals surface area contributed by atoms with Gasteiger partial charge in [0.2, 0.25) is 5.91 Å². The lowest BCUT2D eigenvalue weighted by Gasteiger charge is -2.19. The van der Waals surface area contributed by atoms with Gasteiger partial charge in [0.15, 0.2) is 0 Å². The maximum atomic E-state index is 11.9. The van der Waals surface area contributed by atoms with Crippen LogP contribution in [0.1, 0.15) is 44.6 Å². The van der Waals surface area contributed by atoms with Crippen molar-refractivity contribution in [1.29, 1.82) is 0 Å². The molecule has 0 aliphatic heterocycles. The first kappa shape index (κ1) is 12.8. The Morgan fingerprint density at radius 1 is 1.17 bits per heavy atom. The summed E-state index contributed by atoms with van der Waals surface area (Å²) < 4.78 is 0. The maximum Gasteiger partial charge on any atom is 0.243 e. The number of benzene rings is 1. The minimum absolute atomic E-state index is 0.0741. The number of hydrogen-bond acceptors (Lipinski definition) is 2. The second-order valence-electron chi connectivity index (χ2n) is 4.87. The van der Waals surface area contributed by atoms with E-state index in [2.05, 4.69) is 10.5 Å². The van der Waals surface area contributed by atoms with E-state index in [0.29, 0.717) is 0 Å². The standard InChI is InChI=1S/C15H20N2O/c1-12(13-8-4-2-5-9-13)16-17-15(18)14-10-6-3-7-11-14/h2,4-5,8-9,14H,3,6-7,10-11H2,1H3,(H,17,18)/b16-12+. The molecule has 0 atom stereocenters. The monoisotopic (exact) mass is 244 g/mol. The Kier molecular flexibility index (Phi) is 4.51. The summed E-state index contributed by atoms with van der Waals surface area (Å²) in [5, 5.41) is 4.19. The number of carbonyl (C=O) groups excluding carboxylic acids is 1. The topological polar surface area (TPSA) is 41.5 Å². The second-order valence-corrected chi connectivity index (χ2v) is 4.87. The Balaban J connectivity index is 1.91. The highest BCUT2D eigenvalue weighted by atomic mass is 16.2. The van der Waals surface area contributed by atoms with Crippen molar-refractivity contribution in [2.24, 2.45) is 11.0 Å². The first-order valence-electron chi connectivity index (χ1n) is 6.67. The van der Waals surface area contributed by atoms with Crippen LogP contribution >= 0.6 is 0 Å². The molecular weight excluding hydrogens is 224 g/mol. The van der Waals surface area contributed by atoms with Crippen LogP contribution in [0.2, 0.25) is 0 Å². The molecule has 1 aromatic carbocycles. The summed E-state index contributed by atoms with van der Waals surface area (Å²) in [6, 6.07) is 9.89. The summed E-state index contributed by atoms with van der Waals surface area (Å²) in [7, 11) is 0. The first-order chi connectivity index (χ1) is 8.77. The van der Waals surface area contributed by atoms with Gasteiger partial charge in [-0.2, -0.15) is 5.10 Å². The Bertz CT molecular complexity index is 419. The fraction of sp³-hybridized carbons (Fsp3) is 0.467. The van der Waals surface area contributed by atoms with E-state index in [1.54, 1.807) is 0 Å². The minimum Gasteiger partial charge on any atom is -0.273 e. The zero-order valence-electron chi connectivity index (χ0n) is 10.9. The van der Waals surface area contributed by atoms with Crippen LogP contribution in [0.15, 0.2) is 35.4 Å². The third kappa shape index (κ3) is 3.42. The molecule has 1 N–H and O–H groups in total. The van der Waals surface area contributed by atoms with Crippen molar-refractivity contribution in [3.8, 4) is 0 Å². The molecule has 0 aromatic heterocycles. The van der Waals surface area contributed by atoms with Gasteiger partial charge in [0, 0.05) is 5.92 Å². The largest absolute Gasteiger partial charge is 0.273 e. The molecule has 1 aliphatic rings. The quantitative estimate of drug-likeness (QED) is 0.644. The van der Waals surface area contributed by atoms with Crippen LogP contribution in [0.5, 0.6) is 0 Å². The van der Waals surface area contributed by atoms with Crippen molar-refractivity contribution in [1.82, 2.24) is 5.43 Å². The van der Waals surface area contributed by atoms with E-state index >= 15 is 0 Å². The van der Waals surface area contributed by atoms with Crippen molar-refractivity contribution in [2.45, 2.75) is 39.0 Å². The molecule has 1 aliphatic carbocycles. The number of rotatable bonds is 3. The van der Waals surface area contributed by atoms with Gasteiger partial charge in [-0.25, -0.2) is 5.43 Å². The van der Waals surface area contributed by atoms with Gasteiger partial charge >= 0.3 is 0 Å². The number of nitrogens with one attached hydrogen (secondary N) is 1. The molecule has 0 spiro atoms. The fourth-order valence-corrected chi connectivity index (χ4v) is 2.34. The molecule has 0 unspecified atom stereocenters. The maximum absolute atomic E-state index is 11.9. The Morgan fingerprint density at radius 3 is 2.50 bits per heavy atom. The molecule has 3 nitrogen and oxygen atoms in total. The lowest BCUT2D eigenvalue weighted by atomic mass is 9.89. The number of hydrazone groups is 1. The predicted molar refractivity (Wildman–Crippen MR) is 73.4 cm³/mol. The van der Waals surface area contributed by atoms with E-state index in [1.807, 2.05) is 37.3 Å². The summed E-state index contributed by atoms with van der Waals surface area (Å²) in [5.74, 6) is 0.232. The molecule has 2 rings (SSSR count). The van der Waals surface area contributed by atoms with Crippen molar-refractivity contribution in [3.05, 3.63) is 35.9 Å². The van der Waals surface area contributed by atoms with Crippen LogP contribution in [0.3, 0.4) is 0 Å². The summed E-state index contributed by atoms with van der Waals surface area (Å²) >= 11 is 0. The Hall–Kier alpha value is -1.64. The van der Waals surface area contributed by atoms with Crippen molar-refractivity contribution in [2.75, 3.05) is 0 Å². The van der Waals surface area contributed by atoms with Gasteiger partial charge in [0.1, 0.15) is 0 Å². The van der Waals surface area contributed by atoms with E-state index in [1.165, 1.54) is 19.3 Å². The molecule has 96 valence electrons. The van der Waals surface area contributed by atoms with E-state index < -0.39 is 0 Å². The highest BCUT2D eigenvalue weighted by molar-refractivity contribution is 5.99. The van der Waals surface area contributed by atoms with Gasteiger partial charge in [-0.3, -0.25) is 4.79 Å². The van der Waals surface area contributed by atoms with Crippen LogP contribution in [0, 0.1) is 5.92 Å². The van der Waals surface area contributed by atoms with Gasteiger partial charge in [-0.1, -0.05) is 49.6 Å². The van der Waals surface area contributed by atoms with Crippen LogP contribution in [0.25, 0.3) is 0 Å². The predicted octanol–water partition coefficient (Wildman–Crippen LogP) is 3.11. The zero-order valence-corrected chi connectivity index (χ0v) is 10.9. The van der Waals surface area contributed by atoms with E-state index in [-0.39, 0.29) is 11.8 Å². The molecule has 18 heavy (non-hydrogen) atoms. The molecule has 0 saturated heterocycles. The molecule has 1 fully saturated rings. The molecule has 1 amide bonds. The van der Waals surface area contributed by atoms with E-state index in [9.17, 15) is 4.79 Å². The normalized spacial score (nSPS) is 17.5. The third-order valence-corrected chi connectivity index (χ3v) is 3.50. The number of carbonyl (C=O) groups is 1. The lowest BCUT2D eigenvalue weighted by molar-refractivity contribution is -0.125. The number of amides is 1. The zero-order chi connectivity index (χ0) is 12.8. The summed E-state index contributed by atoms with van der Waals surface area (Å²) in [6.07, 6.45) is 5.60. The van der Waals surface area contributed by atoms with E-state index in [4.69, 9.17) is 0 Å². The molecule has 0 bridgehead atoms. The van der Waals surface area contributed by atoms with Crippen LogP contribution in [-0.2, 0) is 4.79 Å². The summed E-state index contributed by atoms with van der Waals surface area (Å²) in [5.41, 5.74) is 4.59. The van der Waals surface area contributed by atoms with E-state index in [0.717, 1.165) is 24.1 Å². The van der Waals surface area contributed by atoms with Gasteiger partial charge in [0.05, 0.1) is 5.71 Å². The second kappa shape index (κ2) is 6.34. The van der Waals surface area contributed by atoms with Crippen molar-refractivity contribution >= 4 is 11.6 Å². The van der Waals surface area contributed by atoms with Gasteiger partial charge in [0.25, 0.3) is 0 Å². The van der Waals surface area contributed by atoms with Crippen LogP contribution in [0.4, 0.5) is 0 Å². The van der Waals surface area contributed by atoms with Crippen molar-refractivity contribution in [3.63, 3.8) is 0 Å². The van der Waals surface area contributed by atoms with Gasteiger partial charge in [-0.15, -0.1) is 0 Å². The van der Waals surface area contributed by atoms with Gasteiger partial charge < -0.3 is 0 Å². The average molecular weight is 244 g/mol. The molecule has 3 heteroatoms. The third-order valence-electron chi connectivity index (χ3n) is 3.50. The minimum atomic E-state index is 0.0741. The summed E-state index contributed by atoms with van der Waals surface area (Å²) in [4.78, 5) is 11.9. The highest BCUT2D eigenvalue weighted by Crippen LogP contribution is 2.23. The molecule has 1 saturated carbocycles. The smallest absolute Gasteiger partial charge is 0.243 e. The van der Waals surface area contributed by atoms with Crippen molar-refractivity contribution < 1.29 is 4.79 Å². The fourth-order valence-electron chi connectivity index (χ4n) is 2.34. The molecule has 0 radical (unpaired) electrons. The molecule has 0 heterocycles. The lowest BCUT2D eigenvalue weighted by Crippen LogP contribution is -2.29. The highest BCUT2D eigenvalue weighted by Gasteiger charge is 2.20. The SMILES string of the molecule is C/C(=N\NC(=O)C1CCCCC1)c1ccccc1. The number of nitrogens with zero attached hydrogens (tertiary/aromatic N) is 1. The summed E-state index contributed by atoms with van der Waals surface area (Å²) in [6.45, 7) is 1.91.